The van der Waals surface area contributed by atoms with Crippen molar-refractivity contribution in [3.8, 4) is 0 Å². The predicted molar refractivity (Wildman–Crippen MR) is 76.5 cm³/mol. The Labute approximate surface area is 116 Å². The molecule has 0 spiro atoms. The lowest BCUT2D eigenvalue weighted by Crippen LogP contribution is -2.37. The van der Waals surface area contributed by atoms with Crippen LogP contribution in [0.3, 0.4) is 0 Å². The van der Waals surface area contributed by atoms with E-state index in [1.165, 1.54) is 0 Å². The van der Waals surface area contributed by atoms with Crippen LogP contribution in [0.4, 0.5) is 0 Å². The Balaban J connectivity index is 2.10. The lowest BCUT2D eigenvalue weighted by Gasteiger charge is -2.29. The molecule has 0 unspecified atom stereocenters. The highest BCUT2D eigenvalue weighted by molar-refractivity contribution is 7.90. The Bertz CT molecular complexity index is 703. The van der Waals surface area contributed by atoms with E-state index in [-0.39, 0.29) is 5.75 Å². The van der Waals surface area contributed by atoms with Gasteiger partial charge in [-0.15, -0.1) is 4.40 Å². The summed E-state index contributed by atoms with van der Waals surface area (Å²) in [6, 6.07) is 7.26. The number of hydrogen-bond acceptors (Lipinski definition) is 3. The molecule has 0 bridgehead atoms. The zero-order valence-corrected chi connectivity index (χ0v) is 11.5. The Morgan fingerprint density at radius 1 is 1.21 bits per heavy atom. The van der Waals surface area contributed by atoms with E-state index in [0.29, 0.717) is 17.4 Å². The smallest absolute Gasteiger partial charge is 0.256 e. The fourth-order valence-electron chi connectivity index (χ4n) is 2.07. The van der Waals surface area contributed by atoms with Crippen LogP contribution in [0.25, 0.3) is 5.57 Å². The minimum Gasteiger partial charge on any atom is -0.331 e. The molecule has 4 nitrogen and oxygen atoms in total. The molecule has 0 aliphatic carbocycles. The molecule has 1 aromatic carbocycles. The number of amidine groups is 1. The van der Waals surface area contributed by atoms with Gasteiger partial charge in [0.05, 0.1) is 5.75 Å². The average Bonchev–Trinajstić information content (AvgIpc) is 2.38. The fraction of sp³-hybridized carbons (Fsp3) is 0.154. The van der Waals surface area contributed by atoms with Crippen LogP contribution in [0.5, 0.6) is 0 Å². The van der Waals surface area contributed by atoms with Gasteiger partial charge in [0, 0.05) is 23.3 Å². The first-order valence-electron chi connectivity index (χ1n) is 5.79. The lowest BCUT2D eigenvalue weighted by atomic mass is 10.0. The Hall–Kier alpha value is -1.59. The molecule has 0 amide bonds. The van der Waals surface area contributed by atoms with Crippen molar-refractivity contribution in [3.63, 3.8) is 0 Å². The zero-order chi connectivity index (χ0) is 13.5. The first-order chi connectivity index (χ1) is 9.05. The standard InChI is InChI=1S/C13H11ClN2O2S/c14-11-5-3-10(4-6-11)12-2-1-7-16-8-9-19(17,18)15-13(12)16/h1-7H,8-9H2. The predicted octanol–water partition coefficient (Wildman–Crippen LogP) is 2.29. The molecular formula is C13H11ClN2O2S. The quantitative estimate of drug-likeness (QED) is 0.798. The fourth-order valence-corrected chi connectivity index (χ4v) is 3.18. The van der Waals surface area contributed by atoms with Crippen molar-refractivity contribution in [1.82, 2.24) is 4.90 Å². The molecule has 0 fully saturated rings. The number of benzene rings is 1. The van der Waals surface area contributed by atoms with Crippen molar-refractivity contribution >= 4 is 33.0 Å². The summed E-state index contributed by atoms with van der Waals surface area (Å²) in [4.78, 5) is 1.85. The monoisotopic (exact) mass is 294 g/mol. The number of sulfonamides is 1. The summed E-state index contributed by atoms with van der Waals surface area (Å²) >= 11 is 5.86. The van der Waals surface area contributed by atoms with Crippen LogP contribution in [-0.2, 0) is 10.0 Å². The van der Waals surface area contributed by atoms with Crippen molar-refractivity contribution in [2.75, 3.05) is 12.3 Å². The van der Waals surface area contributed by atoms with Crippen LogP contribution >= 0.6 is 11.6 Å². The van der Waals surface area contributed by atoms with Gasteiger partial charge in [0.1, 0.15) is 0 Å². The molecule has 19 heavy (non-hydrogen) atoms. The van der Waals surface area contributed by atoms with Gasteiger partial charge in [-0.3, -0.25) is 0 Å². The number of fused-ring (bicyclic) bond motifs is 1. The maximum atomic E-state index is 11.6. The van der Waals surface area contributed by atoms with Crippen LogP contribution in [0.1, 0.15) is 5.56 Å². The first kappa shape index (κ1) is 12.4. The highest BCUT2D eigenvalue weighted by Crippen LogP contribution is 2.26. The molecule has 0 saturated carbocycles. The third kappa shape index (κ3) is 2.43. The third-order valence-electron chi connectivity index (χ3n) is 3.01. The van der Waals surface area contributed by atoms with Crippen LogP contribution in [-0.4, -0.2) is 31.5 Å². The molecule has 1 aromatic rings. The number of rotatable bonds is 1. The van der Waals surface area contributed by atoms with Gasteiger partial charge in [0.15, 0.2) is 5.84 Å². The van der Waals surface area contributed by atoms with Gasteiger partial charge in [-0.2, -0.15) is 0 Å². The number of nitrogens with zero attached hydrogens (tertiary/aromatic N) is 2. The normalized spacial score (nSPS) is 20.6. The van der Waals surface area contributed by atoms with E-state index < -0.39 is 10.0 Å². The summed E-state index contributed by atoms with van der Waals surface area (Å²) in [5, 5.41) is 0.644. The average molecular weight is 295 g/mol. The van der Waals surface area contributed by atoms with Crippen molar-refractivity contribution in [2.45, 2.75) is 0 Å². The Morgan fingerprint density at radius 2 is 1.95 bits per heavy atom. The summed E-state index contributed by atoms with van der Waals surface area (Å²) in [6.45, 7) is 0.433. The van der Waals surface area contributed by atoms with Gasteiger partial charge in [0.25, 0.3) is 10.0 Å². The van der Waals surface area contributed by atoms with Gasteiger partial charge in [-0.05, 0) is 29.8 Å². The SMILES string of the molecule is O=S1(=O)CCN2C=CC=C(c3ccc(Cl)cc3)C2=N1. The summed E-state index contributed by atoms with van der Waals surface area (Å²) in [5.74, 6) is 0.533. The van der Waals surface area contributed by atoms with E-state index in [2.05, 4.69) is 4.40 Å². The van der Waals surface area contributed by atoms with E-state index in [9.17, 15) is 8.42 Å². The molecule has 0 radical (unpaired) electrons. The largest absolute Gasteiger partial charge is 0.331 e. The second-order valence-electron chi connectivity index (χ2n) is 4.32. The summed E-state index contributed by atoms with van der Waals surface area (Å²) in [7, 11) is -3.36. The summed E-state index contributed by atoms with van der Waals surface area (Å²) in [6.07, 6.45) is 5.59. The van der Waals surface area contributed by atoms with E-state index >= 15 is 0 Å². The maximum absolute atomic E-state index is 11.6. The molecule has 6 heteroatoms. The van der Waals surface area contributed by atoms with Crippen LogP contribution in [0.2, 0.25) is 5.02 Å². The van der Waals surface area contributed by atoms with Gasteiger partial charge in [-0.25, -0.2) is 8.42 Å². The van der Waals surface area contributed by atoms with Crippen molar-refractivity contribution in [2.24, 2.45) is 4.40 Å². The second kappa shape index (κ2) is 4.51. The van der Waals surface area contributed by atoms with Crippen molar-refractivity contribution < 1.29 is 8.42 Å². The van der Waals surface area contributed by atoms with Gasteiger partial charge in [0.2, 0.25) is 0 Å². The molecule has 2 aliphatic heterocycles. The highest BCUT2D eigenvalue weighted by atomic mass is 35.5. The van der Waals surface area contributed by atoms with Gasteiger partial charge in [-0.1, -0.05) is 23.7 Å². The van der Waals surface area contributed by atoms with Crippen LogP contribution < -0.4 is 0 Å². The maximum Gasteiger partial charge on any atom is 0.256 e. The van der Waals surface area contributed by atoms with E-state index in [4.69, 9.17) is 11.6 Å². The van der Waals surface area contributed by atoms with E-state index in [0.717, 1.165) is 11.1 Å². The minimum atomic E-state index is -3.36. The van der Waals surface area contributed by atoms with Crippen molar-refractivity contribution in [1.29, 1.82) is 0 Å². The second-order valence-corrected chi connectivity index (χ2v) is 6.51. The summed E-state index contributed by atoms with van der Waals surface area (Å²) in [5.41, 5.74) is 1.69. The summed E-state index contributed by atoms with van der Waals surface area (Å²) < 4.78 is 27.2. The number of allylic oxidation sites excluding steroid dienone is 2. The van der Waals surface area contributed by atoms with E-state index in [1.54, 1.807) is 12.1 Å². The molecule has 0 N–H and O–H groups in total. The number of hydrogen-bond donors (Lipinski definition) is 0. The highest BCUT2D eigenvalue weighted by Gasteiger charge is 2.27. The molecule has 2 heterocycles. The zero-order valence-electron chi connectivity index (χ0n) is 9.95. The molecule has 2 aliphatic rings. The van der Waals surface area contributed by atoms with Gasteiger partial charge >= 0.3 is 0 Å². The molecule has 0 saturated heterocycles. The number of halogens is 1. The Morgan fingerprint density at radius 3 is 2.68 bits per heavy atom. The lowest BCUT2D eigenvalue weighted by molar-refractivity contribution is 0.550. The van der Waals surface area contributed by atoms with Gasteiger partial charge < -0.3 is 4.90 Å². The van der Waals surface area contributed by atoms with Crippen LogP contribution in [0, 0.1) is 0 Å². The third-order valence-corrected chi connectivity index (χ3v) is 4.41. The Kier molecular flexibility index (Phi) is 2.95. The van der Waals surface area contributed by atoms with Crippen LogP contribution in [0.15, 0.2) is 47.0 Å². The minimum absolute atomic E-state index is 0.0503. The topological polar surface area (TPSA) is 49.7 Å². The molecule has 98 valence electrons. The van der Waals surface area contributed by atoms with E-state index in [1.807, 2.05) is 35.4 Å². The molecular weight excluding hydrogens is 284 g/mol. The molecule has 0 atom stereocenters. The molecule has 3 rings (SSSR count). The molecule has 0 aromatic heterocycles. The van der Waals surface area contributed by atoms with Crippen molar-refractivity contribution in [3.05, 3.63) is 53.2 Å². The first-order valence-corrected chi connectivity index (χ1v) is 7.78.